The maximum Gasteiger partial charge on any atom is 0.0940 e. The van der Waals surface area contributed by atoms with E-state index in [1.165, 1.54) is 11.1 Å². The van der Waals surface area contributed by atoms with E-state index >= 15 is 0 Å². The first-order chi connectivity index (χ1) is 21.3. The fourth-order valence-electron chi connectivity index (χ4n) is 6.85. The molecule has 0 saturated carbocycles. The van der Waals surface area contributed by atoms with Crippen molar-refractivity contribution in [1.82, 2.24) is 14.9 Å². The number of nitrogens with zero attached hydrogens (tertiary/aromatic N) is 3. The molecule has 3 N–H and O–H groups in total. The van der Waals surface area contributed by atoms with E-state index in [4.69, 9.17) is 9.98 Å². The van der Waals surface area contributed by atoms with Crippen molar-refractivity contribution >= 4 is 22.4 Å². The van der Waals surface area contributed by atoms with Crippen LogP contribution in [0, 0.1) is 0 Å². The second-order valence-corrected chi connectivity index (χ2v) is 14.5. The molecule has 6 rings (SSSR count). The van der Waals surface area contributed by atoms with Crippen LogP contribution in [0.2, 0.25) is 0 Å². The second-order valence-electron chi connectivity index (χ2n) is 14.5. The van der Waals surface area contributed by atoms with Crippen molar-refractivity contribution in [3.63, 3.8) is 0 Å². The summed E-state index contributed by atoms with van der Waals surface area (Å²) in [6.45, 7) is 17.3. The summed E-state index contributed by atoms with van der Waals surface area (Å²) in [4.78, 5) is 10.5. The average Bonchev–Trinajstić information content (AvgIpc) is 2.98. The lowest BCUT2D eigenvalue weighted by Crippen LogP contribution is -2.67. The molecule has 6 heteroatoms. The van der Waals surface area contributed by atoms with Gasteiger partial charge in [-0.3, -0.25) is 4.99 Å². The summed E-state index contributed by atoms with van der Waals surface area (Å²) >= 11 is 0. The highest BCUT2D eigenvalue weighted by Crippen LogP contribution is 2.33. The van der Waals surface area contributed by atoms with Gasteiger partial charge in [0.1, 0.15) is 0 Å². The third kappa shape index (κ3) is 6.27. The van der Waals surface area contributed by atoms with Gasteiger partial charge in [-0.2, -0.15) is 0 Å². The minimum absolute atomic E-state index is 0.177. The lowest BCUT2D eigenvalue weighted by Gasteiger charge is -2.48. The molecule has 1 aliphatic carbocycles. The van der Waals surface area contributed by atoms with Crippen LogP contribution in [0.1, 0.15) is 84.8 Å². The Labute approximate surface area is 267 Å². The number of piperidine rings is 1. The SMILES string of the molecule is CC(C)c1ccc(Nc2cc3nc4ccccc4n(-c4ccc(C(C)C)cc4)c-3cc2=NC2CC(C)(C)NC(C)(C)C2O)cc1. The van der Waals surface area contributed by atoms with Crippen LogP contribution in [0.4, 0.5) is 11.4 Å². The number of nitrogens with one attached hydrogen (secondary N) is 2. The summed E-state index contributed by atoms with van der Waals surface area (Å²) in [6.07, 6.45) is 0.0648. The first-order valence-electron chi connectivity index (χ1n) is 16.3. The Balaban J connectivity index is 1.60. The number of aliphatic hydroxyl groups is 1. The van der Waals surface area contributed by atoms with Gasteiger partial charge in [0.25, 0.3) is 0 Å². The van der Waals surface area contributed by atoms with E-state index in [1.807, 2.05) is 6.07 Å². The summed E-state index contributed by atoms with van der Waals surface area (Å²) in [5.74, 6) is 0.912. The molecule has 1 fully saturated rings. The van der Waals surface area contributed by atoms with Crippen LogP contribution >= 0.6 is 0 Å². The highest BCUT2D eigenvalue weighted by molar-refractivity contribution is 5.84. The standard InChI is InChI=1S/C39H47N5O/c1-24(2)26-13-17-28(18-14-26)40-31-21-33-36(22-32(31)42-34-23-38(5,6)43-39(7,8)37(34)45)44(35-12-10-9-11-30(35)41-33)29-19-15-27(16-20-29)25(3)4/h9-22,24-25,34,37,40,43,45H,23H2,1-8H3. The van der Waals surface area contributed by atoms with Crippen LogP contribution in [0.3, 0.4) is 0 Å². The molecule has 3 aliphatic rings. The first-order valence-corrected chi connectivity index (χ1v) is 16.3. The quantitative estimate of drug-likeness (QED) is 0.171. The van der Waals surface area contributed by atoms with E-state index in [0.717, 1.165) is 44.8 Å². The average molecular weight is 602 g/mol. The molecule has 0 radical (unpaired) electrons. The molecule has 2 atom stereocenters. The highest BCUT2D eigenvalue weighted by atomic mass is 16.3. The van der Waals surface area contributed by atoms with Gasteiger partial charge in [0.05, 0.1) is 45.6 Å². The van der Waals surface area contributed by atoms with Crippen molar-refractivity contribution in [3.8, 4) is 17.1 Å². The number of anilines is 2. The van der Waals surface area contributed by atoms with Crippen molar-refractivity contribution < 1.29 is 5.11 Å². The molecule has 0 bridgehead atoms. The summed E-state index contributed by atoms with van der Waals surface area (Å²) in [5.41, 5.74) is 8.65. The zero-order valence-corrected chi connectivity index (χ0v) is 27.9. The number of aliphatic hydroxyl groups excluding tert-OH is 1. The summed E-state index contributed by atoms with van der Waals surface area (Å²) < 4.78 is 2.29. The van der Waals surface area contributed by atoms with E-state index in [0.29, 0.717) is 18.3 Å². The molecule has 6 nitrogen and oxygen atoms in total. The number of benzene rings is 4. The number of rotatable bonds is 6. The van der Waals surface area contributed by atoms with Gasteiger partial charge in [-0.25, -0.2) is 4.98 Å². The zero-order valence-electron chi connectivity index (χ0n) is 27.9. The molecule has 45 heavy (non-hydrogen) atoms. The Bertz CT molecular complexity index is 1850. The summed E-state index contributed by atoms with van der Waals surface area (Å²) in [7, 11) is 0. The normalized spacial score (nSPS) is 19.9. The van der Waals surface area contributed by atoms with Gasteiger partial charge in [0, 0.05) is 22.5 Å². The Morgan fingerprint density at radius 3 is 2.13 bits per heavy atom. The van der Waals surface area contributed by atoms with Crippen molar-refractivity contribution in [2.75, 3.05) is 5.32 Å². The molecule has 0 aromatic heterocycles. The van der Waals surface area contributed by atoms with Crippen LogP contribution in [-0.4, -0.2) is 37.9 Å². The molecule has 1 saturated heterocycles. The number of hydrogen-bond donors (Lipinski definition) is 3. The zero-order chi connectivity index (χ0) is 32.1. The van der Waals surface area contributed by atoms with Crippen molar-refractivity contribution in [3.05, 3.63) is 101 Å². The minimum atomic E-state index is -0.648. The molecule has 0 amide bonds. The smallest absolute Gasteiger partial charge is 0.0940 e. The number of hydrogen-bond acceptors (Lipinski definition) is 5. The Morgan fingerprint density at radius 2 is 1.49 bits per heavy atom. The van der Waals surface area contributed by atoms with Crippen molar-refractivity contribution in [1.29, 1.82) is 0 Å². The Morgan fingerprint density at radius 1 is 0.867 bits per heavy atom. The van der Waals surface area contributed by atoms with Crippen LogP contribution in [0.25, 0.3) is 28.1 Å². The molecule has 234 valence electrons. The molecule has 0 spiro atoms. The van der Waals surface area contributed by atoms with E-state index in [1.54, 1.807) is 0 Å². The fourth-order valence-corrected chi connectivity index (χ4v) is 6.85. The van der Waals surface area contributed by atoms with Gasteiger partial charge < -0.3 is 20.3 Å². The van der Waals surface area contributed by atoms with Gasteiger partial charge in [0.2, 0.25) is 0 Å². The van der Waals surface area contributed by atoms with Crippen LogP contribution in [-0.2, 0) is 0 Å². The van der Waals surface area contributed by atoms with Crippen LogP contribution < -0.4 is 16.0 Å². The first kappa shape index (κ1) is 31.0. The molecule has 3 aromatic rings. The van der Waals surface area contributed by atoms with E-state index in [2.05, 4.69) is 149 Å². The maximum atomic E-state index is 11.5. The topological polar surface area (TPSA) is 74.5 Å². The van der Waals surface area contributed by atoms with Gasteiger partial charge in [-0.1, -0.05) is 64.1 Å². The van der Waals surface area contributed by atoms with E-state index in [-0.39, 0.29) is 11.6 Å². The predicted octanol–water partition coefficient (Wildman–Crippen LogP) is 8.30. The van der Waals surface area contributed by atoms with Crippen LogP contribution in [0.15, 0.2) is 89.9 Å². The predicted molar refractivity (Wildman–Crippen MR) is 187 cm³/mol. The number of aromatic nitrogens is 2. The third-order valence-corrected chi connectivity index (χ3v) is 9.16. The third-order valence-electron chi connectivity index (χ3n) is 9.16. The monoisotopic (exact) mass is 601 g/mol. The molecule has 2 heterocycles. The van der Waals surface area contributed by atoms with Gasteiger partial charge in [-0.05, 0) is 106 Å². The second kappa shape index (κ2) is 11.7. The lowest BCUT2D eigenvalue weighted by molar-refractivity contribution is -0.00243. The van der Waals surface area contributed by atoms with Gasteiger partial charge in [-0.15, -0.1) is 0 Å². The van der Waals surface area contributed by atoms with E-state index < -0.39 is 11.6 Å². The highest BCUT2D eigenvalue weighted by Gasteiger charge is 2.45. The number of fused-ring (bicyclic) bond motifs is 2. The van der Waals surface area contributed by atoms with Crippen molar-refractivity contribution in [2.45, 2.75) is 96.9 Å². The Kier molecular flexibility index (Phi) is 8.09. The van der Waals surface area contributed by atoms with Crippen molar-refractivity contribution in [2.24, 2.45) is 4.99 Å². The molecule has 2 aliphatic heterocycles. The molecular weight excluding hydrogens is 554 g/mol. The van der Waals surface area contributed by atoms with Crippen LogP contribution in [0.5, 0.6) is 0 Å². The van der Waals surface area contributed by atoms with Gasteiger partial charge >= 0.3 is 0 Å². The summed E-state index contributed by atoms with van der Waals surface area (Å²) in [6, 6.07) is 29.7. The summed E-state index contributed by atoms with van der Waals surface area (Å²) in [5, 5.41) is 19.6. The molecule has 2 unspecified atom stereocenters. The maximum absolute atomic E-state index is 11.5. The lowest BCUT2D eigenvalue weighted by atomic mass is 9.77. The van der Waals surface area contributed by atoms with E-state index in [9.17, 15) is 5.11 Å². The minimum Gasteiger partial charge on any atom is -0.389 e. The number of para-hydroxylation sites is 2. The largest absolute Gasteiger partial charge is 0.389 e. The Hall–Kier alpha value is -4.00. The molecule has 3 aromatic carbocycles. The fraction of sp³-hybridized carbons (Fsp3) is 0.385. The van der Waals surface area contributed by atoms with Gasteiger partial charge in [0.15, 0.2) is 0 Å². The molecular formula is C39H47N5O.